The van der Waals surface area contributed by atoms with E-state index in [9.17, 15) is 9.59 Å². The molecule has 1 fully saturated rings. The number of hydrogen-bond donors (Lipinski definition) is 2. The molecule has 0 unspecified atom stereocenters. The van der Waals surface area contributed by atoms with Gasteiger partial charge in [0.15, 0.2) is 11.6 Å². The zero-order valence-electron chi connectivity index (χ0n) is 21.6. The Labute approximate surface area is 224 Å². The Morgan fingerprint density at radius 1 is 0.974 bits per heavy atom. The highest BCUT2D eigenvalue weighted by molar-refractivity contribution is 6.19. The van der Waals surface area contributed by atoms with Crippen molar-refractivity contribution < 1.29 is 23.8 Å². The van der Waals surface area contributed by atoms with Gasteiger partial charge in [-0.25, -0.2) is 0 Å². The number of piperidine rings is 1. The third-order valence-corrected chi connectivity index (χ3v) is 7.51. The Bertz CT molecular complexity index is 1510. The Morgan fingerprint density at radius 2 is 1.69 bits per heavy atom. The van der Waals surface area contributed by atoms with Crippen molar-refractivity contribution in [3.63, 3.8) is 0 Å². The van der Waals surface area contributed by atoms with Crippen molar-refractivity contribution in [1.82, 2.24) is 25.9 Å². The number of aromatic amines is 1. The number of nitrogens with one attached hydrogen (secondary N) is 2. The molecule has 6 rings (SSSR count). The zero-order chi connectivity index (χ0) is 27.0. The standard InChI is InChI=1S/C29H27N5O5/c1-37-22-15-19(16-23(38-2)24(22)17-6-4-3-5-7-17)26(35)25-27(36)20-14-18(28-31-33-34-32-28)8-9-21(20)39-29(25)10-12-30-13-11-29/h3-9,14-16,25,30H,10-13H2,1-2H3,(H,31,32,33,34)/t25-/m1/s1. The molecule has 4 aromatic rings. The predicted molar refractivity (Wildman–Crippen MR) is 142 cm³/mol. The second-order valence-corrected chi connectivity index (χ2v) is 9.65. The van der Waals surface area contributed by atoms with E-state index in [0.717, 1.165) is 11.1 Å². The van der Waals surface area contributed by atoms with E-state index in [1.165, 1.54) is 0 Å². The molecule has 1 spiro atoms. The molecule has 2 N–H and O–H groups in total. The highest BCUT2D eigenvalue weighted by atomic mass is 16.5. The van der Waals surface area contributed by atoms with Crippen molar-refractivity contribution in [3.05, 3.63) is 71.8 Å². The lowest BCUT2D eigenvalue weighted by Crippen LogP contribution is -2.58. The molecule has 1 atom stereocenters. The smallest absolute Gasteiger partial charge is 0.204 e. The summed E-state index contributed by atoms with van der Waals surface area (Å²) in [6.45, 7) is 1.26. The third-order valence-electron chi connectivity index (χ3n) is 7.51. The number of ether oxygens (including phenoxy) is 3. The van der Waals surface area contributed by atoms with Gasteiger partial charge in [0.2, 0.25) is 5.82 Å². The van der Waals surface area contributed by atoms with Gasteiger partial charge >= 0.3 is 0 Å². The van der Waals surface area contributed by atoms with E-state index in [-0.39, 0.29) is 11.6 Å². The topological polar surface area (TPSA) is 128 Å². The first-order valence-corrected chi connectivity index (χ1v) is 12.7. The Balaban J connectivity index is 1.46. The van der Waals surface area contributed by atoms with Crippen LogP contribution in [0.2, 0.25) is 0 Å². The van der Waals surface area contributed by atoms with Gasteiger partial charge in [-0.05, 0) is 54.2 Å². The molecule has 1 aromatic heterocycles. The number of Topliss-reactive ketones (excluding diaryl/α,β-unsaturated/α-hetero) is 2. The number of hydrogen-bond acceptors (Lipinski definition) is 9. The van der Waals surface area contributed by atoms with Gasteiger partial charge in [-0.3, -0.25) is 9.59 Å². The molecule has 3 aromatic carbocycles. The summed E-state index contributed by atoms with van der Waals surface area (Å²) in [6.07, 6.45) is 1.02. The summed E-state index contributed by atoms with van der Waals surface area (Å²) in [7, 11) is 3.10. The van der Waals surface area contributed by atoms with Gasteiger partial charge in [0.1, 0.15) is 28.8 Å². The summed E-state index contributed by atoms with van der Waals surface area (Å²) in [5.41, 5.74) is 1.89. The summed E-state index contributed by atoms with van der Waals surface area (Å²) < 4.78 is 18.0. The quantitative estimate of drug-likeness (QED) is 0.286. The van der Waals surface area contributed by atoms with Crippen molar-refractivity contribution in [2.45, 2.75) is 18.4 Å². The number of carbonyl (C=O) groups is 2. The minimum atomic E-state index is -1.05. The molecule has 2 aliphatic rings. The van der Waals surface area contributed by atoms with Crippen LogP contribution in [0, 0.1) is 5.92 Å². The summed E-state index contributed by atoms with van der Waals surface area (Å²) in [6, 6.07) is 18.2. The first-order chi connectivity index (χ1) is 19.0. The van der Waals surface area contributed by atoms with Crippen LogP contribution in [0.5, 0.6) is 17.2 Å². The van der Waals surface area contributed by atoms with E-state index in [2.05, 4.69) is 25.9 Å². The van der Waals surface area contributed by atoms with Gasteiger partial charge in [-0.2, -0.15) is 5.21 Å². The van der Waals surface area contributed by atoms with Gasteiger partial charge in [0, 0.05) is 24.0 Å². The Hall–Kier alpha value is -4.57. The van der Waals surface area contributed by atoms with Crippen molar-refractivity contribution >= 4 is 11.6 Å². The highest BCUT2D eigenvalue weighted by Crippen LogP contribution is 2.46. The first kappa shape index (κ1) is 24.7. The largest absolute Gasteiger partial charge is 0.496 e. The van der Waals surface area contributed by atoms with Crippen molar-refractivity contribution in [3.8, 4) is 39.8 Å². The van der Waals surface area contributed by atoms with Crippen LogP contribution >= 0.6 is 0 Å². The van der Waals surface area contributed by atoms with Gasteiger partial charge in [-0.15, -0.1) is 10.2 Å². The average molecular weight is 526 g/mol. The van der Waals surface area contributed by atoms with Gasteiger partial charge in [0.05, 0.1) is 25.3 Å². The fraction of sp³-hybridized carbons (Fsp3) is 0.276. The number of carbonyl (C=O) groups excluding carboxylic acids is 2. The van der Waals surface area contributed by atoms with Crippen LogP contribution in [0.1, 0.15) is 33.6 Å². The molecule has 1 saturated heterocycles. The van der Waals surface area contributed by atoms with E-state index < -0.39 is 11.5 Å². The van der Waals surface area contributed by atoms with Gasteiger partial charge < -0.3 is 19.5 Å². The van der Waals surface area contributed by atoms with E-state index >= 15 is 0 Å². The lowest BCUT2D eigenvalue weighted by molar-refractivity contribution is -0.0138. The lowest BCUT2D eigenvalue weighted by Gasteiger charge is -2.45. The minimum absolute atomic E-state index is 0.293. The average Bonchev–Trinajstić information content (AvgIpc) is 3.52. The number of aromatic nitrogens is 4. The third kappa shape index (κ3) is 4.22. The molecule has 2 aliphatic heterocycles. The van der Waals surface area contributed by atoms with Crippen LogP contribution in [0.4, 0.5) is 0 Å². The van der Waals surface area contributed by atoms with Crippen molar-refractivity contribution in [2.75, 3.05) is 27.3 Å². The molecule has 0 bridgehead atoms. The number of fused-ring (bicyclic) bond motifs is 1. The van der Waals surface area contributed by atoms with Crippen LogP contribution in [0.25, 0.3) is 22.5 Å². The van der Waals surface area contributed by atoms with Crippen molar-refractivity contribution in [1.29, 1.82) is 0 Å². The maximum atomic E-state index is 14.3. The molecule has 198 valence electrons. The second kappa shape index (κ2) is 9.95. The summed E-state index contributed by atoms with van der Waals surface area (Å²) >= 11 is 0. The number of nitrogens with zero attached hydrogens (tertiary/aromatic N) is 3. The maximum absolute atomic E-state index is 14.3. The summed E-state index contributed by atoms with van der Waals surface area (Å²) in [4.78, 5) is 28.5. The van der Waals surface area contributed by atoms with Crippen LogP contribution in [0.3, 0.4) is 0 Å². The number of methoxy groups -OCH3 is 2. The van der Waals surface area contributed by atoms with Crippen LogP contribution < -0.4 is 19.5 Å². The predicted octanol–water partition coefficient (Wildman–Crippen LogP) is 3.75. The molecule has 10 nitrogen and oxygen atoms in total. The molecular weight excluding hydrogens is 498 g/mol. The molecule has 3 heterocycles. The van der Waals surface area contributed by atoms with Crippen LogP contribution in [-0.2, 0) is 0 Å². The van der Waals surface area contributed by atoms with Crippen molar-refractivity contribution in [2.24, 2.45) is 5.92 Å². The molecule has 0 saturated carbocycles. The zero-order valence-corrected chi connectivity index (χ0v) is 21.6. The molecule has 0 radical (unpaired) electrons. The SMILES string of the molecule is COc1cc(C(=O)[C@@H]2C(=O)c3cc(-c4nn[nH]n4)ccc3OC23CCNCC3)cc(OC)c1-c1ccccc1. The van der Waals surface area contributed by atoms with Gasteiger partial charge in [0.25, 0.3) is 0 Å². The first-order valence-electron chi connectivity index (χ1n) is 12.7. The van der Waals surface area contributed by atoms with E-state index in [4.69, 9.17) is 14.2 Å². The molecule has 10 heteroatoms. The van der Waals surface area contributed by atoms with E-state index in [1.54, 1.807) is 44.6 Å². The molecule has 0 aliphatic carbocycles. The second-order valence-electron chi connectivity index (χ2n) is 9.65. The monoisotopic (exact) mass is 525 g/mol. The molecular formula is C29H27N5O5. The number of tetrazole rings is 1. The minimum Gasteiger partial charge on any atom is -0.496 e. The molecule has 39 heavy (non-hydrogen) atoms. The van der Waals surface area contributed by atoms with E-state index in [1.807, 2.05) is 30.3 Å². The number of benzene rings is 3. The van der Waals surface area contributed by atoms with Crippen LogP contribution in [-0.4, -0.2) is 65.1 Å². The van der Waals surface area contributed by atoms with Crippen LogP contribution in [0.15, 0.2) is 60.7 Å². The highest BCUT2D eigenvalue weighted by Gasteiger charge is 2.54. The summed E-state index contributed by atoms with van der Waals surface area (Å²) in [5, 5.41) is 17.4. The van der Waals surface area contributed by atoms with Gasteiger partial charge in [-0.1, -0.05) is 30.3 Å². The van der Waals surface area contributed by atoms with E-state index in [0.29, 0.717) is 65.7 Å². The lowest BCUT2D eigenvalue weighted by atomic mass is 9.70. The normalized spacial score (nSPS) is 17.8. The molecule has 0 amide bonds. The summed E-state index contributed by atoms with van der Waals surface area (Å²) in [5.74, 6) is 0.0748. The fourth-order valence-electron chi connectivity index (χ4n) is 5.62. The Kier molecular flexibility index (Phi) is 6.32. The maximum Gasteiger partial charge on any atom is 0.204 e. The number of ketones is 2. The fourth-order valence-corrected chi connectivity index (χ4v) is 5.62. The Morgan fingerprint density at radius 3 is 2.33 bits per heavy atom. The number of H-pyrrole nitrogens is 1. The number of rotatable bonds is 6.